The number of amides is 1. The van der Waals surface area contributed by atoms with E-state index in [4.69, 9.17) is 10.5 Å². The van der Waals surface area contributed by atoms with E-state index in [1.807, 2.05) is 11.8 Å². The number of benzene rings is 1. The maximum absolute atomic E-state index is 13.5. The van der Waals surface area contributed by atoms with Gasteiger partial charge in [-0.3, -0.25) is 4.79 Å². The van der Waals surface area contributed by atoms with Gasteiger partial charge < -0.3 is 20.7 Å². The maximum Gasteiger partial charge on any atom is 0.229 e. The number of nitrogens with two attached hydrogens (primary N) is 1. The highest BCUT2D eigenvalue weighted by Gasteiger charge is 2.32. The molecule has 4 rings (SSSR count). The molecular formula is C18H20FN5O2. The van der Waals surface area contributed by atoms with E-state index in [-0.39, 0.29) is 24.1 Å². The number of aromatic nitrogens is 2. The molecular weight excluding hydrogens is 337 g/mol. The van der Waals surface area contributed by atoms with Crippen LogP contribution in [0.4, 0.5) is 22.0 Å². The van der Waals surface area contributed by atoms with Crippen molar-refractivity contribution in [2.45, 2.75) is 19.3 Å². The zero-order valence-corrected chi connectivity index (χ0v) is 14.5. The summed E-state index contributed by atoms with van der Waals surface area (Å²) >= 11 is 0. The molecule has 1 fully saturated rings. The summed E-state index contributed by atoms with van der Waals surface area (Å²) in [5.74, 6) is 0.518. The highest BCUT2D eigenvalue weighted by atomic mass is 19.1. The number of hydrogen-bond acceptors (Lipinski definition) is 6. The standard InChI is InChI=1S/C18H20FN5O2/c1-10-8-11(19)2-3-12(10)13-9-14(25)21-17-15(13)16(20)22-18(23-17)24-4-6-26-7-5-24/h2-3,8,13H,4-7,9H2,1H3,(H3,20,21,22,23,25). The molecule has 3 N–H and O–H groups in total. The molecule has 1 unspecified atom stereocenters. The molecule has 2 aromatic rings. The van der Waals surface area contributed by atoms with Gasteiger partial charge in [0.1, 0.15) is 17.5 Å². The van der Waals surface area contributed by atoms with Crippen LogP contribution in [0.1, 0.15) is 29.0 Å². The van der Waals surface area contributed by atoms with Gasteiger partial charge in [0.25, 0.3) is 0 Å². The molecule has 0 radical (unpaired) electrons. The van der Waals surface area contributed by atoms with E-state index < -0.39 is 0 Å². The smallest absolute Gasteiger partial charge is 0.229 e. The van der Waals surface area contributed by atoms with Crippen LogP contribution in [0.15, 0.2) is 18.2 Å². The van der Waals surface area contributed by atoms with Gasteiger partial charge in [-0.15, -0.1) is 0 Å². The Morgan fingerprint density at radius 3 is 2.81 bits per heavy atom. The third-order valence-electron chi connectivity index (χ3n) is 4.86. The van der Waals surface area contributed by atoms with Crippen LogP contribution in [0.25, 0.3) is 0 Å². The summed E-state index contributed by atoms with van der Waals surface area (Å²) in [6.45, 7) is 4.37. The number of nitrogen functional groups attached to an aromatic ring is 1. The van der Waals surface area contributed by atoms with Crippen LogP contribution in [0.5, 0.6) is 0 Å². The summed E-state index contributed by atoms with van der Waals surface area (Å²) in [6.07, 6.45) is 0.226. The first-order valence-electron chi connectivity index (χ1n) is 8.59. The number of ether oxygens (including phenoxy) is 1. The maximum atomic E-state index is 13.5. The molecule has 0 spiro atoms. The van der Waals surface area contributed by atoms with Gasteiger partial charge in [-0.05, 0) is 30.2 Å². The molecule has 7 nitrogen and oxygen atoms in total. The zero-order chi connectivity index (χ0) is 18.3. The Morgan fingerprint density at radius 2 is 2.08 bits per heavy atom. The molecule has 0 aliphatic carbocycles. The minimum absolute atomic E-state index is 0.141. The number of anilines is 3. The number of carbonyl (C=O) groups is 1. The van der Waals surface area contributed by atoms with Crippen LogP contribution in [-0.2, 0) is 9.53 Å². The first-order chi connectivity index (χ1) is 12.5. The lowest BCUT2D eigenvalue weighted by atomic mass is 9.84. The van der Waals surface area contributed by atoms with Crippen LogP contribution in [-0.4, -0.2) is 42.2 Å². The molecule has 1 aromatic carbocycles. The van der Waals surface area contributed by atoms with Crippen molar-refractivity contribution in [3.63, 3.8) is 0 Å². The number of nitrogens with one attached hydrogen (secondary N) is 1. The summed E-state index contributed by atoms with van der Waals surface area (Å²) < 4.78 is 18.8. The lowest BCUT2D eigenvalue weighted by Gasteiger charge is -2.31. The molecule has 1 saturated heterocycles. The number of carbonyl (C=O) groups excluding carboxylic acids is 1. The Labute approximate surface area is 150 Å². The van der Waals surface area contributed by atoms with E-state index in [9.17, 15) is 9.18 Å². The van der Waals surface area contributed by atoms with E-state index in [0.717, 1.165) is 11.1 Å². The lowest BCUT2D eigenvalue weighted by Crippen LogP contribution is -2.38. The van der Waals surface area contributed by atoms with Crippen molar-refractivity contribution in [2.24, 2.45) is 0 Å². The van der Waals surface area contributed by atoms with Crippen molar-refractivity contribution in [1.29, 1.82) is 0 Å². The second-order valence-electron chi connectivity index (χ2n) is 6.58. The fraction of sp³-hybridized carbons (Fsp3) is 0.389. The fourth-order valence-electron chi connectivity index (χ4n) is 3.58. The minimum Gasteiger partial charge on any atom is -0.383 e. The molecule has 136 valence electrons. The minimum atomic E-state index is -0.307. The number of hydrogen-bond donors (Lipinski definition) is 2. The Morgan fingerprint density at radius 1 is 1.31 bits per heavy atom. The molecule has 0 bridgehead atoms. The number of rotatable bonds is 2. The summed E-state index contributed by atoms with van der Waals surface area (Å²) in [5.41, 5.74) is 8.59. The molecule has 1 atom stereocenters. The molecule has 3 heterocycles. The highest BCUT2D eigenvalue weighted by Crippen LogP contribution is 2.41. The number of morpholine rings is 1. The quantitative estimate of drug-likeness (QED) is 0.852. The fourth-order valence-corrected chi connectivity index (χ4v) is 3.58. The first-order valence-corrected chi connectivity index (χ1v) is 8.59. The Bertz CT molecular complexity index is 867. The molecule has 2 aliphatic rings. The van der Waals surface area contributed by atoms with E-state index in [1.54, 1.807) is 6.07 Å². The Hall–Kier alpha value is -2.74. The van der Waals surface area contributed by atoms with E-state index in [1.165, 1.54) is 12.1 Å². The second-order valence-corrected chi connectivity index (χ2v) is 6.58. The van der Waals surface area contributed by atoms with Crippen molar-refractivity contribution < 1.29 is 13.9 Å². The molecule has 1 amide bonds. The van der Waals surface area contributed by atoms with Crippen LogP contribution < -0.4 is 16.0 Å². The number of nitrogens with zero attached hydrogens (tertiary/aromatic N) is 3. The molecule has 1 aromatic heterocycles. The zero-order valence-electron chi connectivity index (χ0n) is 14.5. The van der Waals surface area contributed by atoms with Crippen LogP contribution >= 0.6 is 0 Å². The Kier molecular flexibility index (Phi) is 4.20. The molecule has 8 heteroatoms. The van der Waals surface area contributed by atoms with Gasteiger partial charge in [-0.2, -0.15) is 9.97 Å². The topological polar surface area (TPSA) is 93.4 Å². The second kappa shape index (κ2) is 6.53. The van der Waals surface area contributed by atoms with Gasteiger partial charge in [0.15, 0.2) is 0 Å². The molecule has 26 heavy (non-hydrogen) atoms. The monoisotopic (exact) mass is 357 g/mol. The number of fused-ring (bicyclic) bond motifs is 1. The third kappa shape index (κ3) is 2.96. The third-order valence-corrected chi connectivity index (χ3v) is 4.86. The van der Waals surface area contributed by atoms with Gasteiger partial charge in [0, 0.05) is 31.0 Å². The highest BCUT2D eigenvalue weighted by molar-refractivity contribution is 5.95. The van der Waals surface area contributed by atoms with Crippen molar-refractivity contribution in [2.75, 3.05) is 42.3 Å². The van der Waals surface area contributed by atoms with Gasteiger partial charge in [0.05, 0.1) is 13.2 Å². The molecule has 2 aliphatic heterocycles. The number of halogens is 1. The van der Waals surface area contributed by atoms with Crippen molar-refractivity contribution in [3.05, 3.63) is 40.7 Å². The van der Waals surface area contributed by atoms with Crippen molar-refractivity contribution in [3.8, 4) is 0 Å². The van der Waals surface area contributed by atoms with Crippen molar-refractivity contribution in [1.82, 2.24) is 9.97 Å². The Balaban J connectivity index is 1.78. The van der Waals surface area contributed by atoms with Crippen LogP contribution in [0.3, 0.4) is 0 Å². The average molecular weight is 357 g/mol. The average Bonchev–Trinajstić information content (AvgIpc) is 2.61. The SMILES string of the molecule is Cc1cc(F)ccc1C1CC(=O)Nc2nc(N3CCOCC3)nc(N)c21. The number of aryl methyl sites for hydroxylation is 1. The van der Waals surface area contributed by atoms with Gasteiger partial charge >= 0.3 is 0 Å². The summed E-state index contributed by atoms with van der Waals surface area (Å²) in [4.78, 5) is 23.3. The first kappa shape index (κ1) is 16.7. The summed E-state index contributed by atoms with van der Waals surface area (Å²) in [5, 5.41) is 2.81. The van der Waals surface area contributed by atoms with E-state index in [2.05, 4.69) is 15.3 Å². The van der Waals surface area contributed by atoms with Crippen LogP contribution in [0.2, 0.25) is 0 Å². The van der Waals surface area contributed by atoms with Gasteiger partial charge in [-0.1, -0.05) is 6.07 Å². The predicted molar refractivity (Wildman–Crippen MR) is 95.7 cm³/mol. The van der Waals surface area contributed by atoms with E-state index in [0.29, 0.717) is 49.5 Å². The summed E-state index contributed by atoms with van der Waals surface area (Å²) in [6, 6.07) is 4.56. The summed E-state index contributed by atoms with van der Waals surface area (Å²) in [7, 11) is 0. The normalized spacial score (nSPS) is 19.8. The lowest BCUT2D eigenvalue weighted by molar-refractivity contribution is -0.116. The van der Waals surface area contributed by atoms with Gasteiger partial charge in [-0.25, -0.2) is 4.39 Å². The van der Waals surface area contributed by atoms with Crippen LogP contribution in [0, 0.1) is 12.7 Å². The van der Waals surface area contributed by atoms with E-state index >= 15 is 0 Å². The predicted octanol–water partition coefficient (Wildman–Crippen LogP) is 1.82. The van der Waals surface area contributed by atoms with Crippen molar-refractivity contribution >= 4 is 23.5 Å². The largest absolute Gasteiger partial charge is 0.383 e. The molecule has 0 saturated carbocycles. The van der Waals surface area contributed by atoms with Gasteiger partial charge in [0.2, 0.25) is 11.9 Å².